The summed E-state index contributed by atoms with van der Waals surface area (Å²) >= 11 is 0. The maximum atomic E-state index is 12.9. The first-order chi connectivity index (χ1) is 18.4. The number of benzene rings is 2. The van der Waals surface area contributed by atoms with Crippen LogP contribution in [-0.4, -0.2) is 62.1 Å². The molecule has 0 saturated carbocycles. The van der Waals surface area contributed by atoms with Crippen LogP contribution in [-0.2, 0) is 11.2 Å². The highest BCUT2D eigenvalue weighted by atomic mass is 16.7. The highest BCUT2D eigenvalue weighted by Gasteiger charge is 2.43. The molecule has 2 heterocycles. The molecule has 0 radical (unpaired) electrons. The maximum absolute atomic E-state index is 12.9. The van der Waals surface area contributed by atoms with Crippen molar-refractivity contribution < 1.29 is 44.2 Å². The van der Waals surface area contributed by atoms with Gasteiger partial charge < -0.3 is 44.7 Å². The quantitative estimate of drug-likeness (QED) is 0.201. The molecule has 1 aliphatic rings. The zero-order valence-electron chi connectivity index (χ0n) is 21.8. The summed E-state index contributed by atoms with van der Waals surface area (Å²) in [5.74, 6) is -1.05. The van der Waals surface area contributed by atoms with Crippen molar-refractivity contribution in [3.05, 3.63) is 69.1 Å². The van der Waals surface area contributed by atoms with Crippen molar-refractivity contribution in [2.75, 3.05) is 5.32 Å². The molecule has 0 unspecified atom stereocenters. The first kappa shape index (κ1) is 28.1. The van der Waals surface area contributed by atoms with Gasteiger partial charge in [0.15, 0.2) is 11.4 Å². The van der Waals surface area contributed by atoms with Gasteiger partial charge in [0.25, 0.3) is 5.91 Å². The number of fused-ring (bicyclic) bond motifs is 1. The van der Waals surface area contributed by atoms with Crippen molar-refractivity contribution in [2.45, 2.75) is 64.8 Å². The molecule has 11 nitrogen and oxygen atoms in total. The predicted molar refractivity (Wildman–Crippen MR) is 141 cm³/mol. The van der Waals surface area contributed by atoms with E-state index in [9.17, 15) is 35.1 Å². The fourth-order valence-corrected chi connectivity index (χ4v) is 4.23. The number of aliphatic hydroxyl groups is 3. The van der Waals surface area contributed by atoms with Crippen molar-refractivity contribution in [3.8, 4) is 17.2 Å². The third-order valence-electron chi connectivity index (χ3n) is 6.61. The molecule has 0 bridgehead atoms. The lowest BCUT2D eigenvalue weighted by Crippen LogP contribution is -2.58. The molecule has 3 aromatic rings. The average Bonchev–Trinajstić information content (AvgIpc) is 2.89. The monoisotopic (exact) mass is 541 g/mol. The van der Waals surface area contributed by atoms with Gasteiger partial charge in [-0.1, -0.05) is 11.6 Å². The number of carbonyl (C=O) groups is 1. The fraction of sp³-hybridized carbons (Fsp3) is 0.357. The van der Waals surface area contributed by atoms with Crippen LogP contribution in [0.5, 0.6) is 17.2 Å². The minimum Gasteiger partial charge on any atom is -0.508 e. The molecule has 39 heavy (non-hydrogen) atoms. The van der Waals surface area contributed by atoms with Crippen LogP contribution >= 0.6 is 0 Å². The lowest BCUT2D eigenvalue weighted by atomic mass is 10.00. The zero-order chi connectivity index (χ0) is 28.6. The number of phenolic OH excluding ortho intramolecular Hbond substituents is 1. The maximum Gasteiger partial charge on any atom is 0.364 e. The molecular weight excluding hydrogens is 510 g/mol. The molecule has 1 amide bonds. The third-order valence-corrected chi connectivity index (χ3v) is 6.61. The number of nitrogens with one attached hydrogen (secondary N) is 1. The van der Waals surface area contributed by atoms with E-state index in [0.717, 1.165) is 5.57 Å². The Morgan fingerprint density at radius 3 is 2.49 bits per heavy atom. The van der Waals surface area contributed by atoms with Gasteiger partial charge >= 0.3 is 5.63 Å². The van der Waals surface area contributed by atoms with Gasteiger partial charge in [0, 0.05) is 11.1 Å². The molecule has 208 valence electrons. The number of hydrogen-bond donors (Lipinski definition) is 6. The van der Waals surface area contributed by atoms with Crippen molar-refractivity contribution in [1.29, 1.82) is 0 Å². The van der Waals surface area contributed by atoms with Crippen LogP contribution in [0.15, 0.2) is 51.2 Å². The van der Waals surface area contributed by atoms with E-state index in [1.165, 1.54) is 37.3 Å². The van der Waals surface area contributed by atoms with Crippen molar-refractivity contribution in [3.63, 3.8) is 0 Å². The third kappa shape index (κ3) is 5.62. The largest absolute Gasteiger partial charge is 0.508 e. The Morgan fingerprint density at radius 1 is 1.08 bits per heavy atom. The standard InChI is InChI=1S/C28H31NO10/c1-12(2)5-6-15-11-16(7-9-18(15)30)26(35)29-20-22(32)17-8-10-19(13(3)25(17)39-27(20)36)38-28-24(34)23(33)21(31)14(4)37-28/h5,7-11,14,21,23-24,28,30-34H,6H2,1-4H3,(H,29,35)/t14-,21-,23+,24-,28+/m1/s1. The smallest absolute Gasteiger partial charge is 0.364 e. The Morgan fingerprint density at radius 2 is 1.79 bits per heavy atom. The summed E-state index contributed by atoms with van der Waals surface area (Å²) in [6.07, 6.45) is -4.18. The summed E-state index contributed by atoms with van der Waals surface area (Å²) in [5.41, 5.74) is 0.501. The van der Waals surface area contributed by atoms with E-state index >= 15 is 0 Å². The number of hydrogen-bond acceptors (Lipinski definition) is 10. The Kier molecular flexibility index (Phi) is 7.98. The molecule has 1 saturated heterocycles. The topological polar surface area (TPSA) is 179 Å². The van der Waals surface area contributed by atoms with Gasteiger partial charge in [-0.15, -0.1) is 0 Å². The van der Waals surface area contributed by atoms with Gasteiger partial charge in [-0.25, -0.2) is 4.79 Å². The first-order valence-electron chi connectivity index (χ1n) is 12.3. The summed E-state index contributed by atoms with van der Waals surface area (Å²) in [7, 11) is 0. The van der Waals surface area contributed by atoms with Crippen molar-refractivity contribution in [1.82, 2.24) is 0 Å². The van der Waals surface area contributed by atoms with Gasteiger partial charge in [0.05, 0.1) is 11.5 Å². The van der Waals surface area contributed by atoms with E-state index in [0.29, 0.717) is 12.0 Å². The van der Waals surface area contributed by atoms with E-state index < -0.39 is 53.7 Å². The normalized spacial score (nSPS) is 22.9. The van der Waals surface area contributed by atoms with Crippen molar-refractivity contribution >= 4 is 22.6 Å². The zero-order valence-corrected chi connectivity index (χ0v) is 21.8. The summed E-state index contributed by atoms with van der Waals surface area (Å²) in [4.78, 5) is 25.7. The van der Waals surface area contributed by atoms with Crippen LogP contribution in [0.2, 0.25) is 0 Å². The highest BCUT2D eigenvalue weighted by molar-refractivity contribution is 6.06. The van der Waals surface area contributed by atoms with Crippen LogP contribution in [0.4, 0.5) is 5.69 Å². The number of anilines is 1. The number of aromatic hydroxyl groups is 2. The van der Waals surface area contributed by atoms with Gasteiger partial charge in [-0.2, -0.15) is 0 Å². The van der Waals surface area contributed by atoms with E-state index in [1.807, 2.05) is 19.9 Å². The fourth-order valence-electron chi connectivity index (χ4n) is 4.23. The number of rotatable bonds is 6. The summed E-state index contributed by atoms with van der Waals surface area (Å²) in [6, 6.07) is 7.10. The number of aryl methyl sites for hydroxylation is 1. The summed E-state index contributed by atoms with van der Waals surface area (Å²) in [6.45, 7) is 6.88. The van der Waals surface area contributed by atoms with E-state index in [2.05, 4.69) is 5.32 Å². The van der Waals surface area contributed by atoms with Crippen LogP contribution in [0, 0.1) is 6.92 Å². The second-order valence-electron chi connectivity index (χ2n) is 9.76. The average molecular weight is 542 g/mol. The second-order valence-corrected chi connectivity index (χ2v) is 9.76. The Bertz CT molecular complexity index is 1490. The van der Waals surface area contributed by atoms with Crippen LogP contribution in [0.3, 0.4) is 0 Å². The minimum atomic E-state index is -1.55. The van der Waals surface area contributed by atoms with Crippen LogP contribution in [0.1, 0.15) is 42.3 Å². The molecule has 2 aromatic carbocycles. The number of amides is 1. The van der Waals surface area contributed by atoms with E-state index in [1.54, 1.807) is 6.92 Å². The molecule has 1 aliphatic heterocycles. The number of allylic oxidation sites excluding steroid dienone is 2. The number of ether oxygens (including phenoxy) is 2. The number of carbonyl (C=O) groups excluding carboxylic acids is 1. The molecule has 1 aromatic heterocycles. The lowest BCUT2D eigenvalue weighted by molar-refractivity contribution is -0.268. The Labute approximate surface area is 223 Å². The van der Waals surface area contributed by atoms with E-state index in [4.69, 9.17) is 13.9 Å². The molecule has 5 atom stereocenters. The van der Waals surface area contributed by atoms with E-state index in [-0.39, 0.29) is 33.6 Å². The Hall–Kier alpha value is -3.90. The molecule has 6 N–H and O–H groups in total. The number of phenols is 1. The predicted octanol–water partition coefficient (Wildman–Crippen LogP) is 2.48. The van der Waals surface area contributed by atoms with Gasteiger partial charge in [-0.05, 0) is 70.0 Å². The molecule has 4 rings (SSSR count). The second kappa shape index (κ2) is 11.1. The first-order valence-corrected chi connectivity index (χ1v) is 12.3. The van der Waals surface area contributed by atoms with Crippen molar-refractivity contribution in [2.24, 2.45) is 0 Å². The molecular formula is C28H31NO10. The highest BCUT2D eigenvalue weighted by Crippen LogP contribution is 2.36. The summed E-state index contributed by atoms with van der Waals surface area (Å²) < 4.78 is 16.6. The minimum absolute atomic E-state index is 0.0249. The Balaban J connectivity index is 1.62. The molecule has 1 fully saturated rings. The molecule has 0 aliphatic carbocycles. The van der Waals surface area contributed by atoms with Crippen LogP contribution < -0.4 is 15.7 Å². The summed E-state index contributed by atoms with van der Waals surface area (Å²) in [5, 5.41) is 53.6. The van der Waals surface area contributed by atoms with Gasteiger partial charge in [0.1, 0.15) is 35.4 Å². The SMILES string of the molecule is CC(C)=CCc1cc(C(=O)Nc2c(O)c3ccc(O[C@@H]4O[C@H](C)[C@@H](O)[C@H](O)[C@H]4O)c(C)c3oc2=O)ccc1O. The van der Waals surface area contributed by atoms with Crippen LogP contribution in [0.25, 0.3) is 11.0 Å². The van der Waals surface area contributed by atoms with Gasteiger partial charge in [0.2, 0.25) is 6.29 Å². The molecule has 0 spiro atoms. The lowest BCUT2D eigenvalue weighted by Gasteiger charge is -2.39. The molecule has 11 heteroatoms. The van der Waals surface area contributed by atoms with Gasteiger partial charge in [-0.3, -0.25) is 4.79 Å². The number of aliphatic hydroxyl groups excluding tert-OH is 3.